The zero-order chi connectivity index (χ0) is 10.6. The molecule has 1 atom stereocenters. The fraction of sp³-hybridized carbons (Fsp3) is 0.364. The molecule has 0 spiro atoms. The highest BCUT2D eigenvalue weighted by atomic mass is 79.9. The molecule has 0 N–H and O–H groups in total. The van der Waals surface area contributed by atoms with Crippen molar-refractivity contribution in [2.45, 2.75) is 19.8 Å². The summed E-state index contributed by atoms with van der Waals surface area (Å²) in [6.45, 7) is 4.46. The van der Waals surface area contributed by atoms with Gasteiger partial charge in [0.15, 0.2) is 0 Å². The van der Waals surface area contributed by atoms with Crippen LogP contribution in [0.4, 0.5) is 0 Å². The maximum atomic E-state index is 10.6. The molecule has 0 aliphatic rings. The summed E-state index contributed by atoms with van der Waals surface area (Å²) in [6.07, 6.45) is 0.931. The highest BCUT2D eigenvalue weighted by molar-refractivity contribution is 9.10. The van der Waals surface area contributed by atoms with Crippen molar-refractivity contribution < 1.29 is 9.53 Å². The predicted molar refractivity (Wildman–Crippen MR) is 59.8 cm³/mol. The molecule has 2 nitrogen and oxygen atoms in total. The van der Waals surface area contributed by atoms with Crippen molar-refractivity contribution in [2.24, 2.45) is 0 Å². The van der Waals surface area contributed by atoms with E-state index in [2.05, 4.69) is 15.9 Å². The van der Waals surface area contributed by atoms with E-state index in [1.165, 1.54) is 0 Å². The molecule has 0 radical (unpaired) electrons. The van der Waals surface area contributed by atoms with Gasteiger partial charge in [0.25, 0.3) is 0 Å². The highest BCUT2D eigenvalue weighted by Crippen LogP contribution is 2.27. The van der Waals surface area contributed by atoms with E-state index in [-0.39, 0.29) is 5.92 Å². The Hall–Kier alpha value is -0.830. The smallest absolute Gasteiger partial charge is 0.127 e. The third kappa shape index (κ3) is 2.58. The van der Waals surface area contributed by atoms with Gasteiger partial charge in [-0.15, -0.1) is 0 Å². The van der Waals surface area contributed by atoms with Gasteiger partial charge in [-0.2, -0.15) is 0 Å². The van der Waals surface area contributed by atoms with E-state index in [0.717, 1.165) is 22.1 Å². The third-order valence-corrected chi connectivity index (χ3v) is 2.66. The molecule has 1 unspecified atom stereocenters. The van der Waals surface area contributed by atoms with Crippen LogP contribution in [0, 0.1) is 0 Å². The largest absolute Gasteiger partial charge is 0.494 e. The first-order chi connectivity index (χ1) is 6.69. The van der Waals surface area contributed by atoms with Crippen molar-refractivity contribution in [1.29, 1.82) is 0 Å². The summed E-state index contributed by atoms with van der Waals surface area (Å²) < 4.78 is 6.26. The Balaban J connectivity index is 2.94. The molecule has 3 heteroatoms. The summed E-state index contributed by atoms with van der Waals surface area (Å²) in [7, 11) is 0. The number of carbonyl (C=O) groups is 1. The minimum absolute atomic E-state index is 0.0833. The molecule has 0 fully saturated rings. The molecule has 0 aromatic heterocycles. The van der Waals surface area contributed by atoms with Crippen molar-refractivity contribution in [1.82, 2.24) is 0 Å². The van der Waals surface area contributed by atoms with Crippen LogP contribution in [-0.4, -0.2) is 12.9 Å². The predicted octanol–water partition coefficient (Wildman–Crippen LogP) is 3.15. The molecule has 1 aromatic rings. The van der Waals surface area contributed by atoms with Gasteiger partial charge in [0, 0.05) is 10.4 Å². The van der Waals surface area contributed by atoms with Gasteiger partial charge in [0.2, 0.25) is 0 Å². The molecule has 1 rings (SSSR count). The molecule has 0 amide bonds. The Kier molecular flexibility index (Phi) is 4.14. The second-order valence-electron chi connectivity index (χ2n) is 3.04. The number of ether oxygens (including phenoxy) is 1. The van der Waals surface area contributed by atoms with Gasteiger partial charge in [-0.1, -0.05) is 28.9 Å². The van der Waals surface area contributed by atoms with Gasteiger partial charge in [0.1, 0.15) is 12.0 Å². The Bertz CT molecular complexity index is 323. The Morgan fingerprint density at radius 3 is 2.79 bits per heavy atom. The molecule has 0 aliphatic heterocycles. The van der Waals surface area contributed by atoms with E-state index >= 15 is 0 Å². The summed E-state index contributed by atoms with van der Waals surface area (Å²) in [5.41, 5.74) is 0.989. The van der Waals surface area contributed by atoms with Crippen LogP contribution in [0.5, 0.6) is 5.75 Å². The van der Waals surface area contributed by atoms with Gasteiger partial charge in [-0.3, -0.25) is 0 Å². The molecule has 76 valence electrons. The SMILES string of the molecule is CCOc1ccc(C(C)C=O)c(Br)c1. The quantitative estimate of drug-likeness (QED) is 0.774. The van der Waals surface area contributed by atoms with E-state index in [1.807, 2.05) is 32.0 Å². The summed E-state index contributed by atoms with van der Waals surface area (Å²) in [5, 5.41) is 0. The van der Waals surface area contributed by atoms with Crippen LogP contribution in [0.1, 0.15) is 25.3 Å². The number of hydrogen-bond acceptors (Lipinski definition) is 2. The van der Waals surface area contributed by atoms with Gasteiger partial charge in [-0.05, 0) is 24.6 Å². The van der Waals surface area contributed by atoms with E-state index in [0.29, 0.717) is 6.61 Å². The van der Waals surface area contributed by atoms with Crippen LogP contribution < -0.4 is 4.74 Å². The highest BCUT2D eigenvalue weighted by Gasteiger charge is 2.08. The zero-order valence-corrected chi connectivity index (χ0v) is 9.87. The van der Waals surface area contributed by atoms with Crippen molar-refractivity contribution in [3.8, 4) is 5.75 Å². The van der Waals surface area contributed by atoms with E-state index in [9.17, 15) is 4.79 Å². The van der Waals surface area contributed by atoms with Crippen molar-refractivity contribution in [2.75, 3.05) is 6.61 Å². The minimum Gasteiger partial charge on any atom is -0.494 e. The van der Waals surface area contributed by atoms with Crippen molar-refractivity contribution in [3.05, 3.63) is 28.2 Å². The normalized spacial score (nSPS) is 12.2. The number of halogens is 1. The Labute approximate surface area is 92.4 Å². The molecule has 1 aromatic carbocycles. The van der Waals surface area contributed by atoms with E-state index in [4.69, 9.17) is 4.74 Å². The molecule has 0 saturated carbocycles. The standard InChI is InChI=1S/C11H13BrO2/c1-3-14-9-4-5-10(8(2)7-13)11(12)6-9/h4-8H,3H2,1-2H3. The van der Waals surface area contributed by atoms with E-state index < -0.39 is 0 Å². The van der Waals surface area contributed by atoms with Crippen LogP contribution in [0.3, 0.4) is 0 Å². The molecular weight excluding hydrogens is 244 g/mol. The third-order valence-electron chi connectivity index (χ3n) is 1.98. The molecular formula is C11H13BrO2. The summed E-state index contributed by atoms with van der Waals surface area (Å²) in [4.78, 5) is 10.6. The van der Waals surface area contributed by atoms with E-state index in [1.54, 1.807) is 0 Å². The Morgan fingerprint density at radius 2 is 2.29 bits per heavy atom. The fourth-order valence-corrected chi connectivity index (χ4v) is 1.93. The first-order valence-electron chi connectivity index (χ1n) is 4.56. The van der Waals surface area contributed by atoms with Crippen LogP contribution in [-0.2, 0) is 4.79 Å². The van der Waals surface area contributed by atoms with Gasteiger partial charge < -0.3 is 9.53 Å². The molecule has 0 saturated heterocycles. The molecule has 0 heterocycles. The van der Waals surface area contributed by atoms with Crippen molar-refractivity contribution in [3.63, 3.8) is 0 Å². The lowest BCUT2D eigenvalue weighted by Crippen LogP contribution is -1.97. The molecule has 0 aliphatic carbocycles. The number of rotatable bonds is 4. The summed E-state index contributed by atoms with van der Waals surface area (Å²) in [5.74, 6) is 0.737. The van der Waals surface area contributed by atoms with Crippen LogP contribution >= 0.6 is 15.9 Å². The minimum atomic E-state index is -0.0833. The van der Waals surface area contributed by atoms with Crippen LogP contribution in [0.25, 0.3) is 0 Å². The lowest BCUT2D eigenvalue weighted by atomic mass is 10.0. The molecule has 14 heavy (non-hydrogen) atoms. The van der Waals surface area contributed by atoms with Gasteiger partial charge in [-0.25, -0.2) is 0 Å². The second kappa shape index (κ2) is 5.15. The van der Waals surface area contributed by atoms with Crippen molar-refractivity contribution >= 4 is 22.2 Å². The molecule has 0 bridgehead atoms. The average molecular weight is 257 g/mol. The zero-order valence-electron chi connectivity index (χ0n) is 8.29. The lowest BCUT2D eigenvalue weighted by Gasteiger charge is -2.09. The maximum Gasteiger partial charge on any atom is 0.127 e. The maximum absolute atomic E-state index is 10.6. The topological polar surface area (TPSA) is 26.3 Å². The van der Waals surface area contributed by atoms with Crippen LogP contribution in [0.15, 0.2) is 22.7 Å². The summed E-state index contributed by atoms with van der Waals surface area (Å²) >= 11 is 3.42. The van der Waals surface area contributed by atoms with Gasteiger partial charge in [0.05, 0.1) is 6.61 Å². The fourth-order valence-electron chi connectivity index (χ4n) is 1.21. The number of aldehydes is 1. The average Bonchev–Trinajstić information content (AvgIpc) is 2.17. The summed E-state index contributed by atoms with van der Waals surface area (Å²) in [6, 6.07) is 5.68. The Morgan fingerprint density at radius 1 is 1.57 bits per heavy atom. The number of benzene rings is 1. The number of carbonyl (C=O) groups excluding carboxylic acids is 1. The number of hydrogen-bond donors (Lipinski definition) is 0. The first kappa shape index (κ1) is 11.2. The monoisotopic (exact) mass is 256 g/mol. The lowest BCUT2D eigenvalue weighted by molar-refractivity contribution is -0.108. The van der Waals surface area contributed by atoms with Crippen LogP contribution in [0.2, 0.25) is 0 Å². The first-order valence-corrected chi connectivity index (χ1v) is 5.35. The second-order valence-corrected chi connectivity index (χ2v) is 3.90. The van der Waals surface area contributed by atoms with Gasteiger partial charge >= 0.3 is 0 Å².